The molecule has 3 aromatic rings. The number of fused-ring (bicyclic) bond motifs is 1. The van der Waals surface area contributed by atoms with Gasteiger partial charge in [0.05, 0.1) is 5.56 Å². The maximum atomic E-state index is 14.0. The van der Waals surface area contributed by atoms with Gasteiger partial charge in [-0.05, 0) is 61.6 Å². The van der Waals surface area contributed by atoms with Gasteiger partial charge < -0.3 is 10.3 Å². The molecular formula is C19H18FN3O. The highest BCUT2D eigenvalue weighted by atomic mass is 19.1. The van der Waals surface area contributed by atoms with E-state index in [1.807, 2.05) is 19.1 Å². The second-order valence-electron chi connectivity index (χ2n) is 6.32. The van der Waals surface area contributed by atoms with Crippen LogP contribution in [-0.4, -0.2) is 10.1 Å². The van der Waals surface area contributed by atoms with Crippen molar-refractivity contribution in [1.29, 1.82) is 0 Å². The first kappa shape index (κ1) is 15.0. The lowest BCUT2D eigenvalue weighted by molar-refractivity contribution is 0.431. The Labute approximate surface area is 139 Å². The summed E-state index contributed by atoms with van der Waals surface area (Å²) in [6.07, 6.45) is 3.11. The van der Waals surface area contributed by atoms with Crippen molar-refractivity contribution in [2.24, 2.45) is 5.73 Å². The van der Waals surface area contributed by atoms with E-state index in [1.165, 1.54) is 17.2 Å². The van der Waals surface area contributed by atoms with Gasteiger partial charge in [-0.15, -0.1) is 0 Å². The van der Waals surface area contributed by atoms with E-state index in [9.17, 15) is 4.39 Å². The van der Waals surface area contributed by atoms with E-state index in [0.717, 1.165) is 30.4 Å². The van der Waals surface area contributed by atoms with E-state index in [1.54, 1.807) is 12.1 Å². The summed E-state index contributed by atoms with van der Waals surface area (Å²) in [6.45, 7) is 1.90. The van der Waals surface area contributed by atoms with Crippen LogP contribution in [0.25, 0.3) is 22.8 Å². The Morgan fingerprint density at radius 3 is 2.96 bits per heavy atom. The van der Waals surface area contributed by atoms with Crippen LogP contribution >= 0.6 is 0 Å². The molecule has 4 rings (SSSR count). The Kier molecular flexibility index (Phi) is 3.65. The van der Waals surface area contributed by atoms with E-state index in [4.69, 9.17) is 10.3 Å². The third kappa shape index (κ3) is 2.61. The normalized spacial score (nSPS) is 16.9. The first-order valence-corrected chi connectivity index (χ1v) is 8.11. The van der Waals surface area contributed by atoms with Crippen LogP contribution in [0.2, 0.25) is 0 Å². The number of hydrogen-bond acceptors (Lipinski definition) is 4. The molecule has 2 aromatic carbocycles. The maximum Gasteiger partial charge on any atom is 0.258 e. The van der Waals surface area contributed by atoms with E-state index in [-0.39, 0.29) is 17.7 Å². The minimum absolute atomic E-state index is 0.0995. The lowest BCUT2D eigenvalue weighted by Gasteiger charge is -2.22. The molecule has 0 fully saturated rings. The molecule has 0 saturated carbocycles. The SMILES string of the molecule is Cc1ccc(F)c(-c2noc(-c3ccc4c(c3)CCCC4N)n2)c1. The number of nitrogens with two attached hydrogens (primary N) is 1. The molecule has 122 valence electrons. The third-order valence-corrected chi connectivity index (χ3v) is 4.54. The molecule has 2 N–H and O–H groups in total. The van der Waals surface area contributed by atoms with Crippen molar-refractivity contribution < 1.29 is 8.91 Å². The first-order chi connectivity index (χ1) is 11.6. The molecule has 1 aliphatic carbocycles. The van der Waals surface area contributed by atoms with Gasteiger partial charge >= 0.3 is 0 Å². The van der Waals surface area contributed by atoms with Crippen molar-refractivity contribution in [3.63, 3.8) is 0 Å². The van der Waals surface area contributed by atoms with Crippen molar-refractivity contribution in [3.8, 4) is 22.8 Å². The average molecular weight is 323 g/mol. The fraction of sp³-hybridized carbons (Fsp3) is 0.263. The maximum absolute atomic E-state index is 14.0. The minimum atomic E-state index is -0.357. The molecule has 4 nitrogen and oxygen atoms in total. The second-order valence-corrected chi connectivity index (χ2v) is 6.32. The first-order valence-electron chi connectivity index (χ1n) is 8.11. The summed E-state index contributed by atoms with van der Waals surface area (Å²) in [5, 5.41) is 3.94. The van der Waals surface area contributed by atoms with Gasteiger partial charge in [0.15, 0.2) is 0 Å². The van der Waals surface area contributed by atoms with Crippen molar-refractivity contribution in [1.82, 2.24) is 10.1 Å². The van der Waals surface area contributed by atoms with Gasteiger partial charge in [0.1, 0.15) is 5.82 Å². The molecule has 0 spiro atoms. The lowest BCUT2D eigenvalue weighted by Crippen LogP contribution is -2.17. The van der Waals surface area contributed by atoms with Gasteiger partial charge in [0, 0.05) is 11.6 Å². The standard InChI is InChI=1S/C19H18FN3O/c1-11-5-8-16(20)15(9-11)18-22-19(24-23-18)13-6-7-14-12(10-13)3-2-4-17(14)21/h5-10,17H,2-4,21H2,1H3. The van der Waals surface area contributed by atoms with Crippen LogP contribution in [0.15, 0.2) is 40.9 Å². The number of halogens is 1. The summed E-state index contributed by atoms with van der Waals surface area (Å²) in [6, 6.07) is 11.0. The summed E-state index contributed by atoms with van der Waals surface area (Å²) < 4.78 is 19.4. The number of benzene rings is 2. The predicted octanol–water partition coefficient (Wildman–Crippen LogP) is 4.19. The Hall–Kier alpha value is -2.53. The molecule has 1 unspecified atom stereocenters. The third-order valence-electron chi connectivity index (χ3n) is 4.54. The number of aryl methyl sites for hydroxylation is 2. The number of aromatic nitrogens is 2. The molecular weight excluding hydrogens is 305 g/mol. The Bertz CT molecular complexity index is 903. The van der Waals surface area contributed by atoms with E-state index in [2.05, 4.69) is 16.2 Å². The molecule has 0 saturated heterocycles. The monoisotopic (exact) mass is 323 g/mol. The zero-order valence-electron chi connectivity index (χ0n) is 13.4. The second kappa shape index (κ2) is 5.83. The molecule has 1 aromatic heterocycles. The summed E-state index contributed by atoms with van der Waals surface area (Å²) in [4.78, 5) is 4.37. The van der Waals surface area contributed by atoms with Gasteiger partial charge in [0.25, 0.3) is 5.89 Å². The summed E-state index contributed by atoms with van der Waals surface area (Å²) in [5.74, 6) is 0.304. The summed E-state index contributed by atoms with van der Waals surface area (Å²) in [5.41, 5.74) is 10.7. The fourth-order valence-electron chi connectivity index (χ4n) is 3.25. The van der Waals surface area contributed by atoms with Crippen molar-refractivity contribution >= 4 is 0 Å². The van der Waals surface area contributed by atoms with E-state index >= 15 is 0 Å². The molecule has 0 radical (unpaired) electrons. The van der Waals surface area contributed by atoms with Crippen LogP contribution in [0.3, 0.4) is 0 Å². The van der Waals surface area contributed by atoms with Crippen LogP contribution in [-0.2, 0) is 6.42 Å². The van der Waals surface area contributed by atoms with Crippen LogP contribution in [0.1, 0.15) is 35.6 Å². The molecule has 24 heavy (non-hydrogen) atoms. The van der Waals surface area contributed by atoms with Crippen molar-refractivity contribution in [2.75, 3.05) is 0 Å². The van der Waals surface area contributed by atoms with Gasteiger partial charge in [-0.25, -0.2) is 4.39 Å². The average Bonchev–Trinajstić information content (AvgIpc) is 3.07. The molecule has 1 atom stereocenters. The molecule has 1 heterocycles. The summed E-state index contributed by atoms with van der Waals surface area (Å²) in [7, 11) is 0. The molecule has 5 heteroatoms. The van der Waals surface area contributed by atoms with Gasteiger partial charge in [0.2, 0.25) is 5.82 Å². The Balaban J connectivity index is 1.72. The van der Waals surface area contributed by atoms with Crippen LogP contribution in [0.4, 0.5) is 4.39 Å². The summed E-state index contributed by atoms with van der Waals surface area (Å²) >= 11 is 0. The van der Waals surface area contributed by atoms with Gasteiger partial charge in [-0.3, -0.25) is 0 Å². The Morgan fingerprint density at radius 1 is 1.21 bits per heavy atom. The molecule has 0 aliphatic heterocycles. The molecule has 1 aliphatic rings. The predicted molar refractivity (Wildman–Crippen MR) is 89.7 cm³/mol. The number of hydrogen-bond donors (Lipinski definition) is 1. The zero-order chi connectivity index (χ0) is 16.7. The number of rotatable bonds is 2. The van der Waals surface area contributed by atoms with Crippen LogP contribution < -0.4 is 5.73 Å². The largest absolute Gasteiger partial charge is 0.334 e. The minimum Gasteiger partial charge on any atom is -0.334 e. The van der Waals surface area contributed by atoms with E-state index < -0.39 is 0 Å². The highest BCUT2D eigenvalue weighted by molar-refractivity contribution is 5.62. The number of nitrogens with zero attached hydrogens (tertiary/aromatic N) is 2. The highest BCUT2D eigenvalue weighted by Gasteiger charge is 2.19. The highest BCUT2D eigenvalue weighted by Crippen LogP contribution is 2.32. The quantitative estimate of drug-likeness (QED) is 0.768. The van der Waals surface area contributed by atoms with Gasteiger partial charge in [-0.1, -0.05) is 22.9 Å². The fourth-order valence-corrected chi connectivity index (χ4v) is 3.25. The molecule has 0 bridgehead atoms. The zero-order valence-corrected chi connectivity index (χ0v) is 13.4. The smallest absolute Gasteiger partial charge is 0.258 e. The lowest BCUT2D eigenvalue weighted by atomic mass is 9.87. The molecule has 0 amide bonds. The van der Waals surface area contributed by atoms with E-state index in [0.29, 0.717) is 11.5 Å². The van der Waals surface area contributed by atoms with Crippen LogP contribution in [0, 0.1) is 12.7 Å². The van der Waals surface area contributed by atoms with Gasteiger partial charge in [-0.2, -0.15) is 4.98 Å². The van der Waals surface area contributed by atoms with Crippen molar-refractivity contribution in [3.05, 3.63) is 58.9 Å². The topological polar surface area (TPSA) is 64.9 Å². The Morgan fingerprint density at radius 2 is 2.08 bits per heavy atom. The van der Waals surface area contributed by atoms with Crippen molar-refractivity contribution in [2.45, 2.75) is 32.2 Å². The van der Waals surface area contributed by atoms with Crippen LogP contribution in [0.5, 0.6) is 0 Å².